The zero-order chi connectivity index (χ0) is 16.4. The van der Waals surface area contributed by atoms with Crippen molar-refractivity contribution in [2.45, 2.75) is 11.3 Å². The van der Waals surface area contributed by atoms with Gasteiger partial charge in [0.2, 0.25) is 5.91 Å². The van der Waals surface area contributed by atoms with Crippen LogP contribution in [-0.4, -0.2) is 32.4 Å². The van der Waals surface area contributed by atoms with E-state index in [4.69, 9.17) is 0 Å². The van der Waals surface area contributed by atoms with Gasteiger partial charge in [-0.05, 0) is 12.1 Å². The van der Waals surface area contributed by atoms with Gasteiger partial charge in [-0.2, -0.15) is 0 Å². The largest absolute Gasteiger partial charge is 0.303 e. The van der Waals surface area contributed by atoms with Crippen molar-refractivity contribution in [1.82, 2.24) is 0 Å². The molecular weight excluding hydrogens is 314 g/mol. The summed E-state index contributed by atoms with van der Waals surface area (Å²) < 4.78 is 24.6. The van der Waals surface area contributed by atoms with Crippen LogP contribution in [0.4, 0.5) is 5.69 Å². The topological polar surface area (TPSA) is 71.5 Å². The lowest BCUT2D eigenvalue weighted by Crippen LogP contribution is -2.35. The summed E-state index contributed by atoms with van der Waals surface area (Å²) in [4.78, 5) is 26.1. The van der Waals surface area contributed by atoms with E-state index < -0.39 is 9.84 Å². The minimum Gasteiger partial charge on any atom is -0.303 e. The Morgan fingerprint density at radius 3 is 2.39 bits per heavy atom. The lowest BCUT2D eigenvalue weighted by molar-refractivity contribution is -0.118. The SMILES string of the molecule is O=C(CN1C(=O)CCS(=O)(=O)c2ccccc21)c1ccccc1. The molecule has 1 heterocycles. The monoisotopic (exact) mass is 329 g/mol. The molecule has 23 heavy (non-hydrogen) atoms. The first-order chi connectivity index (χ1) is 11.0. The van der Waals surface area contributed by atoms with Gasteiger partial charge < -0.3 is 4.90 Å². The quantitative estimate of drug-likeness (QED) is 0.808. The molecular formula is C17H15NO4S. The van der Waals surface area contributed by atoms with Gasteiger partial charge in [0.1, 0.15) is 0 Å². The third kappa shape index (κ3) is 3.03. The maximum Gasteiger partial charge on any atom is 0.228 e. The Morgan fingerprint density at radius 2 is 1.65 bits per heavy atom. The average molecular weight is 329 g/mol. The molecule has 5 nitrogen and oxygen atoms in total. The molecule has 1 aliphatic heterocycles. The van der Waals surface area contributed by atoms with E-state index in [-0.39, 0.29) is 41.0 Å². The highest BCUT2D eigenvalue weighted by molar-refractivity contribution is 7.91. The van der Waals surface area contributed by atoms with Crippen molar-refractivity contribution in [2.24, 2.45) is 0 Å². The van der Waals surface area contributed by atoms with Crippen molar-refractivity contribution in [2.75, 3.05) is 17.2 Å². The molecule has 0 fully saturated rings. The number of rotatable bonds is 3. The summed E-state index contributed by atoms with van der Waals surface area (Å²) in [5.41, 5.74) is 0.768. The van der Waals surface area contributed by atoms with Crippen LogP contribution in [-0.2, 0) is 14.6 Å². The Morgan fingerprint density at radius 1 is 1.00 bits per heavy atom. The number of nitrogens with zero attached hydrogens (tertiary/aromatic N) is 1. The van der Waals surface area contributed by atoms with Crippen molar-refractivity contribution < 1.29 is 18.0 Å². The summed E-state index contributed by atoms with van der Waals surface area (Å²) >= 11 is 0. The summed E-state index contributed by atoms with van der Waals surface area (Å²) in [5.74, 6) is -0.824. The number of para-hydroxylation sites is 1. The number of ketones is 1. The van der Waals surface area contributed by atoms with Crippen LogP contribution in [0, 0.1) is 0 Å². The molecule has 2 aromatic carbocycles. The number of amides is 1. The summed E-state index contributed by atoms with van der Waals surface area (Å²) in [6.07, 6.45) is -0.126. The first-order valence-corrected chi connectivity index (χ1v) is 8.85. The van der Waals surface area contributed by atoms with E-state index in [0.29, 0.717) is 5.56 Å². The molecule has 0 saturated carbocycles. The molecule has 6 heteroatoms. The molecule has 3 rings (SSSR count). The normalized spacial score (nSPS) is 16.5. The van der Waals surface area contributed by atoms with Crippen LogP contribution in [0.5, 0.6) is 0 Å². The van der Waals surface area contributed by atoms with Crippen molar-refractivity contribution in [3.05, 3.63) is 60.2 Å². The van der Waals surface area contributed by atoms with E-state index in [1.807, 2.05) is 0 Å². The van der Waals surface area contributed by atoms with Crippen molar-refractivity contribution in [3.63, 3.8) is 0 Å². The molecule has 2 aromatic rings. The van der Waals surface area contributed by atoms with Gasteiger partial charge in [0.05, 0.1) is 22.9 Å². The molecule has 0 atom stereocenters. The Labute approximate surface area is 134 Å². The van der Waals surface area contributed by atoms with Crippen LogP contribution in [0.25, 0.3) is 0 Å². The van der Waals surface area contributed by atoms with Gasteiger partial charge in [-0.25, -0.2) is 8.42 Å². The van der Waals surface area contributed by atoms with Gasteiger partial charge in [0, 0.05) is 12.0 Å². The van der Waals surface area contributed by atoms with Crippen LogP contribution in [0.3, 0.4) is 0 Å². The Kier molecular flexibility index (Phi) is 4.00. The van der Waals surface area contributed by atoms with Crippen LogP contribution in [0.1, 0.15) is 16.8 Å². The lowest BCUT2D eigenvalue weighted by Gasteiger charge is -2.21. The number of carbonyl (C=O) groups excluding carboxylic acids is 2. The van der Waals surface area contributed by atoms with Gasteiger partial charge in [-0.1, -0.05) is 42.5 Å². The lowest BCUT2D eigenvalue weighted by atomic mass is 10.1. The third-order valence-electron chi connectivity index (χ3n) is 3.77. The number of fused-ring (bicyclic) bond motifs is 1. The molecule has 0 N–H and O–H groups in total. The molecule has 1 amide bonds. The highest BCUT2D eigenvalue weighted by Gasteiger charge is 2.31. The second-order valence-electron chi connectivity index (χ2n) is 5.31. The van der Waals surface area contributed by atoms with Gasteiger partial charge >= 0.3 is 0 Å². The Hall–Kier alpha value is -2.47. The molecule has 1 aliphatic rings. The zero-order valence-corrected chi connectivity index (χ0v) is 13.1. The van der Waals surface area contributed by atoms with Crippen LogP contribution < -0.4 is 4.90 Å². The fourth-order valence-corrected chi connectivity index (χ4v) is 4.02. The fourth-order valence-electron chi connectivity index (χ4n) is 2.58. The van der Waals surface area contributed by atoms with Crippen molar-refractivity contribution >= 4 is 27.2 Å². The second kappa shape index (κ2) is 5.96. The molecule has 118 valence electrons. The van der Waals surface area contributed by atoms with Gasteiger partial charge in [0.15, 0.2) is 15.6 Å². The number of hydrogen-bond donors (Lipinski definition) is 0. The minimum atomic E-state index is -3.52. The predicted molar refractivity (Wildman–Crippen MR) is 86.2 cm³/mol. The Bertz CT molecular complexity index is 859. The number of anilines is 1. The minimum absolute atomic E-state index is 0.103. The van der Waals surface area contributed by atoms with E-state index in [2.05, 4.69) is 0 Å². The van der Waals surface area contributed by atoms with E-state index >= 15 is 0 Å². The van der Waals surface area contributed by atoms with Gasteiger partial charge in [0.25, 0.3) is 0 Å². The maximum atomic E-state index is 12.4. The van der Waals surface area contributed by atoms with Crippen LogP contribution in [0.2, 0.25) is 0 Å². The Balaban J connectivity index is 2.00. The number of hydrogen-bond acceptors (Lipinski definition) is 4. The molecule has 0 unspecified atom stereocenters. The number of benzene rings is 2. The summed E-state index contributed by atoms with van der Waals surface area (Å²) in [6, 6.07) is 15.0. The zero-order valence-electron chi connectivity index (χ0n) is 12.3. The van der Waals surface area contributed by atoms with Crippen molar-refractivity contribution in [3.8, 4) is 0 Å². The van der Waals surface area contributed by atoms with Crippen molar-refractivity contribution in [1.29, 1.82) is 0 Å². The molecule has 0 aromatic heterocycles. The fraction of sp³-hybridized carbons (Fsp3) is 0.176. The van der Waals surface area contributed by atoms with Crippen LogP contribution in [0.15, 0.2) is 59.5 Å². The number of carbonyl (C=O) groups is 2. The summed E-state index contributed by atoms with van der Waals surface area (Å²) in [5, 5.41) is 0. The molecule has 0 spiro atoms. The number of sulfone groups is 1. The molecule has 0 radical (unpaired) electrons. The van der Waals surface area contributed by atoms with E-state index in [1.165, 1.54) is 11.0 Å². The highest BCUT2D eigenvalue weighted by atomic mass is 32.2. The van der Waals surface area contributed by atoms with Gasteiger partial charge in [-0.15, -0.1) is 0 Å². The second-order valence-corrected chi connectivity index (χ2v) is 7.38. The van der Waals surface area contributed by atoms with Gasteiger partial charge in [-0.3, -0.25) is 9.59 Å². The smallest absolute Gasteiger partial charge is 0.228 e. The van der Waals surface area contributed by atoms with E-state index in [1.54, 1.807) is 48.5 Å². The highest BCUT2D eigenvalue weighted by Crippen LogP contribution is 2.30. The predicted octanol–water partition coefficient (Wildman–Crippen LogP) is 2.08. The first-order valence-electron chi connectivity index (χ1n) is 7.19. The molecule has 0 aliphatic carbocycles. The molecule has 0 saturated heterocycles. The molecule has 0 bridgehead atoms. The van der Waals surface area contributed by atoms with E-state index in [9.17, 15) is 18.0 Å². The maximum absolute atomic E-state index is 12.4. The van der Waals surface area contributed by atoms with Crippen LogP contribution >= 0.6 is 0 Å². The average Bonchev–Trinajstić information content (AvgIpc) is 2.66. The summed E-state index contributed by atoms with van der Waals surface area (Å²) in [7, 11) is -3.52. The third-order valence-corrected chi connectivity index (χ3v) is 5.53. The van der Waals surface area contributed by atoms with E-state index in [0.717, 1.165) is 0 Å². The first kappa shape index (κ1) is 15.4. The summed E-state index contributed by atoms with van der Waals surface area (Å²) in [6.45, 7) is -0.171. The number of Topliss-reactive ketones (excluding diaryl/α,β-unsaturated/α-hetero) is 1. The standard InChI is InChI=1S/C17H15NO4S/c19-15(13-6-2-1-3-7-13)12-18-14-8-4-5-9-16(14)23(21,22)11-10-17(18)20/h1-9H,10-12H2.